The van der Waals surface area contributed by atoms with Gasteiger partial charge in [0, 0.05) is 19.7 Å². The van der Waals surface area contributed by atoms with E-state index in [0.29, 0.717) is 25.2 Å². The van der Waals surface area contributed by atoms with Crippen molar-refractivity contribution in [2.24, 2.45) is 5.92 Å². The van der Waals surface area contributed by atoms with Gasteiger partial charge in [0.25, 0.3) is 0 Å². The van der Waals surface area contributed by atoms with E-state index in [1.807, 2.05) is 0 Å². The fourth-order valence-electron chi connectivity index (χ4n) is 1.98. The summed E-state index contributed by atoms with van der Waals surface area (Å²) in [5, 5.41) is 11.9. The second-order valence-corrected chi connectivity index (χ2v) is 3.91. The lowest BCUT2D eigenvalue weighted by Crippen LogP contribution is -2.30. The van der Waals surface area contributed by atoms with Crippen molar-refractivity contribution >= 4 is 0 Å². The van der Waals surface area contributed by atoms with Gasteiger partial charge in [-0.1, -0.05) is 6.92 Å². The Hall–Kier alpha value is -0.160. The lowest BCUT2D eigenvalue weighted by molar-refractivity contribution is 0.0822. The quantitative estimate of drug-likeness (QED) is 0.578. The first-order valence-electron chi connectivity index (χ1n) is 5.89. The van der Waals surface area contributed by atoms with Gasteiger partial charge in [-0.15, -0.1) is 0 Å². The number of hydrogen-bond donors (Lipinski definition) is 2. The number of rotatable bonds is 8. The smallest absolute Gasteiger partial charge is 0.0698 e. The second-order valence-electron chi connectivity index (χ2n) is 3.91. The maximum atomic E-state index is 8.50. The summed E-state index contributed by atoms with van der Waals surface area (Å²) in [4.78, 5) is 0. The van der Waals surface area contributed by atoms with Gasteiger partial charge >= 0.3 is 0 Å². The lowest BCUT2D eigenvalue weighted by Gasteiger charge is -2.17. The molecule has 1 saturated heterocycles. The van der Waals surface area contributed by atoms with Gasteiger partial charge in [-0.05, 0) is 18.8 Å². The van der Waals surface area contributed by atoms with Crippen molar-refractivity contribution in [2.75, 3.05) is 39.5 Å². The third kappa shape index (κ3) is 4.93. The molecule has 1 aliphatic heterocycles. The molecular weight excluding hydrogens is 194 g/mol. The molecule has 0 aromatic carbocycles. The molecule has 0 aromatic heterocycles. The van der Waals surface area contributed by atoms with Crippen LogP contribution >= 0.6 is 0 Å². The highest BCUT2D eigenvalue weighted by atomic mass is 16.5. The summed E-state index contributed by atoms with van der Waals surface area (Å²) in [6, 6.07) is 0. The predicted octanol–water partition coefficient (Wildman–Crippen LogP) is 0.400. The fraction of sp³-hybridized carbons (Fsp3) is 1.00. The minimum absolute atomic E-state index is 0.106. The van der Waals surface area contributed by atoms with E-state index in [1.165, 1.54) is 6.42 Å². The number of aliphatic hydroxyl groups excluding tert-OH is 1. The second kappa shape index (κ2) is 8.05. The molecule has 0 bridgehead atoms. The molecule has 2 unspecified atom stereocenters. The highest BCUT2D eigenvalue weighted by Gasteiger charge is 2.25. The van der Waals surface area contributed by atoms with E-state index >= 15 is 0 Å². The van der Waals surface area contributed by atoms with E-state index < -0.39 is 0 Å². The molecule has 0 radical (unpaired) electrons. The Kier molecular flexibility index (Phi) is 6.92. The molecule has 0 saturated carbocycles. The Morgan fingerprint density at radius 3 is 3.07 bits per heavy atom. The Morgan fingerprint density at radius 1 is 1.47 bits per heavy atom. The molecule has 90 valence electrons. The van der Waals surface area contributed by atoms with Gasteiger partial charge in [0.15, 0.2) is 0 Å². The topological polar surface area (TPSA) is 50.7 Å². The number of nitrogens with one attached hydrogen (secondary N) is 1. The first-order valence-corrected chi connectivity index (χ1v) is 5.89. The normalized spacial score (nSPS) is 26.0. The molecule has 0 aromatic rings. The first-order chi connectivity index (χ1) is 7.38. The van der Waals surface area contributed by atoms with Gasteiger partial charge in [-0.2, -0.15) is 0 Å². The summed E-state index contributed by atoms with van der Waals surface area (Å²) >= 11 is 0. The maximum absolute atomic E-state index is 8.50. The Morgan fingerprint density at radius 2 is 2.33 bits per heavy atom. The van der Waals surface area contributed by atoms with E-state index in [4.69, 9.17) is 14.6 Å². The van der Waals surface area contributed by atoms with Crippen LogP contribution < -0.4 is 5.32 Å². The standard InChI is InChI=1S/C11H23NO3/c1-2-11-10(3-6-15-11)9-12-4-7-14-8-5-13/h10-13H,2-9H2,1H3. The van der Waals surface area contributed by atoms with Crippen molar-refractivity contribution in [1.82, 2.24) is 5.32 Å². The molecule has 1 aliphatic rings. The molecule has 1 fully saturated rings. The van der Waals surface area contributed by atoms with Gasteiger partial charge in [-0.25, -0.2) is 0 Å². The van der Waals surface area contributed by atoms with Crippen LogP contribution in [0.3, 0.4) is 0 Å². The number of ether oxygens (including phenoxy) is 2. The molecule has 1 heterocycles. The van der Waals surface area contributed by atoms with Crippen molar-refractivity contribution in [3.8, 4) is 0 Å². The minimum Gasteiger partial charge on any atom is -0.394 e. The zero-order chi connectivity index (χ0) is 10.9. The van der Waals surface area contributed by atoms with Crippen molar-refractivity contribution in [1.29, 1.82) is 0 Å². The van der Waals surface area contributed by atoms with Gasteiger partial charge in [0.05, 0.1) is 25.9 Å². The van der Waals surface area contributed by atoms with Crippen LogP contribution in [0.25, 0.3) is 0 Å². The first kappa shape index (κ1) is 12.9. The largest absolute Gasteiger partial charge is 0.394 e. The summed E-state index contributed by atoms with van der Waals surface area (Å²) in [5.74, 6) is 0.660. The Bertz CT molecular complexity index is 155. The van der Waals surface area contributed by atoms with Crippen LogP contribution in [-0.2, 0) is 9.47 Å². The van der Waals surface area contributed by atoms with Crippen molar-refractivity contribution in [2.45, 2.75) is 25.9 Å². The minimum atomic E-state index is 0.106. The molecule has 4 nitrogen and oxygen atoms in total. The zero-order valence-electron chi connectivity index (χ0n) is 9.58. The average molecular weight is 217 g/mol. The highest BCUT2D eigenvalue weighted by Crippen LogP contribution is 2.22. The van der Waals surface area contributed by atoms with Crippen molar-refractivity contribution in [3.05, 3.63) is 0 Å². The molecule has 0 aliphatic carbocycles. The summed E-state index contributed by atoms with van der Waals surface area (Å²) < 4.78 is 10.8. The summed E-state index contributed by atoms with van der Waals surface area (Å²) in [5.41, 5.74) is 0. The fourth-order valence-corrected chi connectivity index (χ4v) is 1.98. The van der Waals surface area contributed by atoms with Crippen LogP contribution in [0.5, 0.6) is 0 Å². The zero-order valence-corrected chi connectivity index (χ0v) is 9.58. The molecule has 0 amide bonds. The number of aliphatic hydroxyl groups is 1. The van der Waals surface area contributed by atoms with Gasteiger partial charge in [0.2, 0.25) is 0 Å². The lowest BCUT2D eigenvalue weighted by atomic mass is 10.00. The van der Waals surface area contributed by atoms with Crippen molar-refractivity contribution in [3.63, 3.8) is 0 Å². The van der Waals surface area contributed by atoms with E-state index in [1.54, 1.807) is 0 Å². The molecule has 4 heteroatoms. The van der Waals surface area contributed by atoms with E-state index in [9.17, 15) is 0 Å². The number of hydrogen-bond acceptors (Lipinski definition) is 4. The van der Waals surface area contributed by atoms with E-state index in [-0.39, 0.29) is 6.61 Å². The molecule has 0 spiro atoms. The van der Waals surface area contributed by atoms with E-state index in [2.05, 4.69) is 12.2 Å². The summed E-state index contributed by atoms with van der Waals surface area (Å²) in [7, 11) is 0. The highest BCUT2D eigenvalue weighted by molar-refractivity contribution is 4.76. The van der Waals surface area contributed by atoms with Gasteiger partial charge in [0.1, 0.15) is 0 Å². The predicted molar refractivity (Wildman–Crippen MR) is 58.9 cm³/mol. The SMILES string of the molecule is CCC1OCCC1CNCCOCCO. The monoisotopic (exact) mass is 217 g/mol. The summed E-state index contributed by atoms with van der Waals surface area (Å²) in [6.45, 7) is 6.16. The third-order valence-corrected chi connectivity index (χ3v) is 2.81. The maximum Gasteiger partial charge on any atom is 0.0698 e. The molecule has 2 N–H and O–H groups in total. The molecule has 15 heavy (non-hydrogen) atoms. The molecule has 1 rings (SSSR count). The van der Waals surface area contributed by atoms with Crippen LogP contribution in [0.4, 0.5) is 0 Å². The third-order valence-electron chi connectivity index (χ3n) is 2.81. The van der Waals surface area contributed by atoms with Gasteiger partial charge in [-0.3, -0.25) is 0 Å². The van der Waals surface area contributed by atoms with E-state index in [0.717, 1.165) is 26.1 Å². The van der Waals surface area contributed by atoms with Gasteiger partial charge < -0.3 is 19.9 Å². The molecule has 2 atom stereocenters. The van der Waals surface area contributed by atoms with Crippen molar-refractivity contribution < 1.29 is 14.6 Å². The summed E-state index contributed by atoms with van der Waals surface area (Å²) in [6.07, 6.45) is 2.71. The molecular formula is C11H23NO3. The Balaban J connectivity index is 1.95. The van der Waals surface area contributed by atoms with Crippen LogP contribution in [0.2, 0.25) is 0 Å². The van der Waals surface area contributed by atoms with Crippen LogP contribution in [-0.4, -0.2) is 50.7 Å². The average Bonchev–Trinajstić information content (AvgIpc) is 2.70. The van der Waals surface area contributed by atoms with Crippen LogP contribution in [0, 0.1) is 5.92 Å². The van der Waals surface area contributed by atoms with Crippen LogP contribution in [0.15, 0.2) is 0 Å². The Labute approximate surface area is 92.0 Å². The van der Waals surface area contributed by atoms with Crippen LogP contribution in [0.1, 0.15) is 19.8 Å².